The molecule has 0 fully saturated rings. The summed E-state index contributed by atoms with van der Waals surface area (Å²) in [6.45, 7) is 2.68. The molecule has 3 rings (SSSR count). The SMILES string of the molecule is Cc1cc(NC(=O)c2cccc3c2OCCO3)ccc1O. The first-order valence-corrected chi connectivity index (χ1v) is 6.65. The van der Waals surface area contributed by atoms with Gasteiger partial charge >= 0.3 is 0 Å². The Morgan fingerprint density at radius 3 is 2.81 bits per heavy atom. The Balaban J connectivity index is 1.87. The molecular formula is C16H15NO4. The van der Waals surface area contributed by atoms with Crippen molar-refractivity contribution >= 4 is 11.6 Å². The largest absolute Gasteiger partial charge is 0.508 e. The van der Waals surface area contributed by atoms with Gasteiger partial charge in [-0.25, -0.2) is 0 Å². The normalized spacial score (nSPS) is 12.8. The standard InChI is InChI=1S/C16H15NO4/c1-10-9-11(5-6-13(10)18)17-16(19)12-3-2-4-14-15(12)21-8-7-20-14/h2-6,9,18H,7-8H2,1H3,(H,17,19). The maximum absolute atomic E-state index is 12.4. The fourth-order valence-corrected chi connectivity index (χ4v) is 2.18. The number of fused-ring (bicyclic) bond motifs is 1. The molecule has 1 heterocycles. The third-order valence-electron chi connectivity index (χ3n) is 3.27. The molecule has 0 unspecified atom stereocenters. The molecule has 2 N–H and O–H groups in total. The summed E-state index contributed by atoms with van der Waals surface area (Å²) in [5.74, 6) is 0.969. The number of anilines is 1. The maximum Gasteiger partial charge on any atom is 0.259 e. The number of amides is 1. The van der Waals surface area contributed by atoms with Gasteiger partial charge in [-0.05, 0) is 42.8 Å². The van der Waals surface area contributed by atoms with E-state index in [1.807, 2.05) is 0 Å². The molecule has 1 aliphatic rings. The summed E-state index contributed by atoms with van der Waals surface area (Å²) in [7, 11) is 0. The quantitative estimate of drug-likeness (QED) is 0.832. The first-order chi connectivity index (χ1) is 10.1. The summed E-state index contributed by atoms with van der Waals surface area (Å²) >= 11 is 0. The second-order valence-corrected chi connectivity index (χ2v) is 4.79. The predicted molar refractivity (Wildman–Crippen MR) is 78.2 cm³/mol. The molecule has 2 aromatic rings. The third kappa shape index (κ3) is 2.63. The van der Waals surface area contributed by atoms with Crippen LogP contribution in [0, 0.1) is 6.92 Å². The number of hydrogen-bond donors (Lipinski definition) is 2. The van der Waals surface area contributed by atoms with Gasteiger partial charge in [0.1, 0.15) is 19.0 Å². The zero-order chi connectivity index (χ0) is 14.8. The first-order valence-electron chi connectivity index (χ1n) is 6.65. The Kier molecular flexibility index (Phi) is 3.39. The fourth-order valence-electron chi connectivity index (χ4n) is 2.18. The molecule has 1 aliphatic heterocycles. The number of aromatic hydroxyl groups is 1. The van der Waals surface area contributed by atoms with Crippen LogP contribution in [0.5, 0.6) is 17.2 Å². The lowest BCUT2D eigenvalue weighted by atomic mass is 10.1. The highest BCUT2D eigenvalue weighted by molar-refractivity contribution is 6.06. The van der Waals surface area contributed by atoms with Crippen LogP contribution >= 0.6 is 0 Å². The summed E-state index contributed by atoms with van der Waals surface area (Å²) in [4.78, 5) is 12.4. The van der Waals surface area contributed by atoms with Gasteiger partial charge in [-0.3, -0.25) is 4.79 Å². The van der Waals surface area contributed by atoms with Gasteiger partial charge < -0.3 is 19.9 Å². The van der Waals surface area contributed by atoms with E-state index in [0.29, 0.717) is 41.5 Å². The van der Waals surface area contributed by atoms with Crippen molar-refractivity contribution < 1.29 is 19.4 Å². The lowest BCUT2D eigenvalue weighted by Gasteiger charge is -2.20. The third-order valence-corrected chi connectivity index (χ3v) is 3.27. The number of carbonyl (C=O) groups excluding carboxylic acids is 1. The second-order valence-electron chi connectivity index (χ2n) is 4.79. The van der Waals surface area contributed by atoms with Crippen molar-refractivity contribution in [3.05, 3.63) is 47.5 Å². The molecule has 0 aliphatic carbocycles. The summed E-state index contributed by atoms with van der Waals surface area (Å²) in [5.41, 5.74) is 1.74. The average molecular weight is 285 g/mol. The van der Waals surface area contributed by atoms with Crippen molar-refractivity contribution in [2.24, 2.45) is 0 Å². The van der Waals surface area contributed by atoms with E-state index in [1.165, 1.54) is 0 Å². The van der Waals surface area contributed by atoms with Crippen LogP contribution in [0.4, 0.5) is 5.69 Å². The molecule has 0 aromatic heterocycles. The lowest BCUT2D eigenvalue weighted by Crippen LogP contribution is -2.20. The van der Waals surface area contributed by atoms with Gasteiger partial charge in [-0.2, -0.15) is 0 Å². The maximum atomic E-state index is 12.4. The van der Waals surface area contributed by atoms with Crippen molar-refractivity contribution in [2.45, 2.75) is 6.92 Å². The van der Waals surface area contributed by atoms with Gasteiger partial charge in [0, 0.05) is 5.69 Å². The molecular weight excluding hydrogens is 270 g/mol. The Bertz CT molecular complexity index is 697. The molecule has 0 saturated heterocycles. The summed E-state index contributed by atoms with van der Waals surface area (Å²) in [5, 5.41) is 12.3. The van der Waals surface area contributed by atoms with Gasteiger partial charge in [0.15, 0.2) is 11.5 Å². The van der Waals surface area contributed by atoms with E-state index in [1.54, 1.807) is 43.3 Å². The fraction of sp³-hybridized carbons (Fsp3) is 0.188. The van der Waals surface area contributed by atoms with Gasteiger partial charge in [-0.15, -0.1) is 0 Å². The van der Waals surface area contributed by atoms with Crippen LogP contribution in [0.25, 0.3) is 0 Å². The van der Waals surface area contributed by atoms with Crippen molar-refractivity contribution in [1.82, 2.24) is 0 Å². The first kappa shape index (κ1) is 13.3. The summed E-state index contributed by atoms with van der Waals surface area (Å²) in [6, 6.07) is 10.1. The van der Waals surface area contributed by atoms with Crippen LogP contribution in [0.15, 0.2) is 36.4 Å². The molecule has 5 nitrogen and oxygen atoms in total. The van der Waals surface area contributed by atoms with E-state index in [0.717, 1.165) is 0 Å². The summed E-state index contributed by atoms with van der Waals surface area (Å²) in [6.07, 6.45) is 0. The van der Waals surface area contributed by atoms with Crippen LogP contribution in [-0.2, 0) is 0 Å². The Hall–Kier alpha value is -2.69. The van der Waals surface area contributed by atoms with E-state index < -0.39 is 0 Å². The smallest absolute Gasteiger partial charge is 0.259 e. The van der Waals surface area contributed by atoms with E-state index in [-0.39, 0.29) is 11.7 Å². The van der Waals surface area contributed by atoms with Gasteiger partial charge in [0.05, 0.1) is 5.56 Å². The Labute approximate surface area is 122 Å². The van der Waals surface area contributed by atoms with Crippen molar-refractivity contribution in [1.29, 1.82) is 0 Å². The van der Waals surface area contributed by atoms with Crippen LogP contribution < -0.4 is 14.8 Å². The number of hydrogen-bond acceptors (Lipinski definition) is 4. The monoisotopic (exact) mass is 285 g/mol. The van der Waals surface area contributed by atoms with Crippen LogP contribution in [-0.4, -0.2) is 24.2 Å². The van der Waals surface area contributed by atoms with E-state index in [9.17, 15) is 9.90 Å². The number of phenolic OH excluding ortho intramolecular Hbond substituents is 1. The van der Waals surface area contributed by atoms with E-state index in [2.05, 4.69) is 5.32 Å². The molecule has 5 heteroatoms. The highest BCUT2D eigenvalue weighted by Crippen LogP contribution is 2.34. The average Bonchev–Trinajstić information content (AvgIpc) is 2.50. The number of benzene rings is 2. The predicted octanol–water partition coefficient (Wildman–Crippen LogP) is 2.72. The molecule has 0 spiro atoms. The number of nitrogens with one attached hydrogen (secondary N) is 1. The second kappa shape index (κ2) is 5.36. The highest BCUT2D eigenvalue weighted by Gasteiger charge is 2.20. The molecule has 1 amide bonds. The van der Waals surface area contributed by atoms with Crippen molar-refractivity contribution in [3.8, 4) is 17.2 Å². The van der Waals surface area contributed by atoms with Crippen LogP contribution in [0.2, 0.25) is 0 Å². The van der Waals surface area contributed by atoms with E-state index in [4.69, 9.17) is 9.47 Å². The molecule has 108 valence electrons. The van der Waals surface area contributed by atoms with Gasteiger partial charge in [0.2, 0.25) is 0 Å². The van der Waals surface area contributed by atoms with Crippen LogP contribution in [0.3, 0.4) is 0 Å². The Morgan fingerprint density at radius 2 is 2.00 bits per heavy atom. The van der Waals surface area contributed by atoms with Crippen molar-refractivity contribution in [3.63, 3.8) is 0 Å². The van der Waals surface area contributed by atoms with Crippen LogP contribution in [0.1, 0.15) is 15.9 Å². The minimum absolute atomic E-state index is 0.196. The number of carbonyl (C=O) groups is 1. The van der Waals surface area contributed by atoms with Gasteiger partial charge in [-0.1, -0.05) is 6.07 Å². The lowest BCUT2D eigenvalue weighted by molar-refractivity contribution is 0.101. The number of phenols is 1. The number of aryl methyl sites for hydroxylation is 1. The van der Waals surface area contributed by atoms with Crippen molar-refractivity contribution in [2.75, 3.05) is 18.5 Å². The molecule has 0 atom stereocenters. The minimum atomic E-state index is -0.276. The molecule has 2 aromatic carbocycles. The zero-order valence-electron chi connectivity index (χ0n) is 11.6. The number of ether oxygens (including phenoxy) is 2. The van der Waals surface area contributed by atoms with E-state index >= 15 is 0 Å². The minimum Gasteiger partial charge on any atom is -0.508 e. The zero-order valence-corrected chi connectivity index (χ0v) is 11.6. The van der Waals surface area contributed by atoms with Gasteiger partial charge in [0.25, 0.3) is 5.91 Å². The molecule has 0 radical (unpaired) electrons. The topological polar surface area (TPSA) is 67.8 Å². The molecule has 0 saturated carbocycles. The molecule has 0 bridgehead atoms. The number of para-hydroxylation sites is 1. The highest BCUT2D eigenvalue weighted by atomic mass is 16.6. The summed E-state index contributed by atoms with van der Waals surface area (Å²) < 4.78 is 11.0. The molecule has 21 heavy (non-hydrogen) atoms. The Morgan fingerprint density at radius 1 is 1.19 bits per heavy atom. The number of rotatable bonds is 2.